The van der Waals surface area contributed by atoms with E-state index in [-0.39, 0.29) is 0 Å². The van der Waals surface area contributed by atoms with E-state index < -0.39 is 0 Å². The Morgan fingerprint density at radius 1 is 0.917 bits per heavy atom. The predicted octanol–water partition coefficient (Wildman–Crippen LogP) is 5.72. The Labute approximate surface area is 151 Å². The van der Waals surface area contributed by atoms with Crippen LogP contribution in [0.25, 0.3) is 0 Å². The third-order valence-corrected chi connectivity index (χ3v) is 5.52. The van der Waals surface area contributed by atoms with E-state index in [9.17, 15) is 0 Å². The lowest BCUT2D eigenvalue weighted by Crippen LogP contribution is -2.30. The highest BCUT2D eigenvalue weighted by Crippen LogP contribution is 2.26. The summed E-state index contributed by atoms with van der Waals surface area (Å²) in [6.07, 6.45) is 25.9. The summed E-state index contributed by atoms with van der Waals surface area (Å²) in [6, 6.07) is 0.380. The van der Waals surface area contributed by atoms with Crippen LogP contribution in [0.5, 0.6) is 0 Å². The molecule has 140 valence electrons. The van der Waals surface area contributed by atoms with E-state index in [1.807, 2.05) is 0 Å². The zero-order valence-electron chi connectivity index (χ0n) is 16.1. The zero-order valence-corrected chi connectivity index (χ0v) is 16.1. The maximum absolute atomic E-state index is 6.33. The molecule has 1 aliphatic carbocycles. The fourth-order valence-corrected chi connectivity index (χ4v) is 3.74. The zero-order chi connectivity index (χ0) is 17.5. The molecule has 0 spiro atoms. The maximum Gasteiger partial charge on any atom is 0.0102 e. The second kappa shape index (κ2) is 14.7. The molecule has 0 aliphatic heterocycles. The van der Waals surface area contributed by atoms with Crippen molar-refractivity contribution < 1.29 is 0 Å². The quantitative estimate of drug-likeness (QED) is 0.334. The molecule has 2 nitrogen and oxygen atoms in total. The van der Waals surface area contributed by atoms with Gasteiger partial charge in [-0.05, 0) is 63.3 Å². The van der Waals surface area contributed by atoms with Gasteiger partial charge in [-0.1, -0.05) is 69.8 Å². The summed E-state index contributed by atoms with van der Waals surface area (Å²) in [5, 5.41) is 0. The first-order chi connectivity index (χ1) is 11.8. The van der Waals surface area contributed by atoms with Gasteiger partial charge in [0, 0.05) is 6.04 Å². The Morgan fingerprint density at radius 3 is 2.21 bits per heavy atom. The topological polar surface area (TPSA) is 52.0 Å². The highest BCUT2D eigenvalue weighted by Gasteiger charge is 2.18. The van der Waals surface area contributed by atoms with Crippen LogP contribution in [0.4, 0.5) is 0 Å². The second-order valence-electron chi connectivity index (χ2n) is 7.65. The molecule has 0 heterocycles. The summed E-state index contributed by atoms with van der Waals surface area (Å²) < 4.78 is 0. The molecule has 0 aromatic heterocycles. The van der Waals surface area contributed by atoms with Gasteiger partial charge < -0.3 is 11.5 Å². The van der Waals surface area contributed by atoms with Gasteiger partial charge >= 0.3 is 0 Å². The number of hydrogen-bond acceptors (Lipinski definition) is 2. The van der Waals surface area contributed by atoms with Crippen molar-refractivity contribution >= 4 is 0 Å². The van der Waals surface area contributed by atoms with Crippen LogP contribution in [0.15, 0.2) is 24.3 Å². The molecule has 0 aromatic carbocycles. The van der Waals surface area contributed by atoms with E-state index in [0.29, 0.717) is 12.0 Å². The summed E-state index contributed by atoms with van der Waals surface area (Å²) in [4.78, 5) is 0. The fraction of sp³-hybridized carbons (Fsp3) is 0.818. The molecule has 2 unspecified atom stereocenters. The van der Waals surface area contributed by atoms with Crippen LogP contribution in [0, 0.1) is 11.8 Å². The Balaban J connectivity index is 2.04. The van der Waals surface area contributed by atoms with Gasteiger partial charge in [-0.2, -0.15) is 0 Å². The minimum absolute atomic E-state index is 0.380. The summed E-state index contributed by atoms with van der Waals surface area (Å²) in [6.45, 7) is 3.08. The average molecular weight is 335 g/mol. The average Bonchev–Trinajstić information content (AvgIpc) is 2.63. The third kappa shape index (κ3) is 10.3. The smallest absolute Gasteiger partial charge is 0.0102 e. The van der Waals surface area contributed by atoms with Crippen molar-refractivity contribution in [1.82, 2.24) is 0 Å². The first-order valence-electron chi connectivity index (χ1n) is 10.5. The van der Waals surface area contributed by atoms with Gasteiger partial charge in [0.2, 0.25) is 0 Å². The van der Waals surface area contributed by atoms with Crippen LogP contribution >= 0.6 is 0 Å². The van der Waals surface area contributed by atoms with E-state index in [2.05, 4.69) is 31.2 Å². The Morgan fingerprint density at radius 2 is 1.58 bits per heavy atom. The number of nitrogens with two attached hydrogens (primary N) is 2. The van der Waals surface area contributed by atoms with Crippen molar-refractivity contribution in [3.05, 3.63) is 24.3 Å². The molecule has 2 heteroatoms. The van der Waals surface area contributed by atoms with Crippen molar-refractivity contribution in [2.45, 2.75) is 96.4 Å². The molecule has 24 heavy (non-hydrogen) atoms. The molecule has 2 atom stereocenters. The van der Waals surface area contributed by atoms with E-state index in [4.69, 9.17) is 11.5 Å². The van der Waals surface area contributed by atoms with Crippen LogP contribution in [-0.4, -0.2) is 12.6 Å². The highest BCUT2D eigenvalue weighted by atomic mass is 14.6. The van der Waals surface area contributed by atoms with Crippen molar-refractivity contribution in [3.63, 3.8) is 0 Å². The molecule has 1 saturated carbocycles. The van der Waals surface area contributed by atoms with E-state index in [1.54, 1.807) is 0 Å². The molecule has 0 amide bonds. The van der Waals surface area contributed by atoms with Crippen molar-refractivity contribution in [2.24, 2.45) is 23.3 Å². The monoisotopic (exact) mass is 334 g/mol. The third-order valence-electron chi connectivity index (χ3n) is 5.52. The van der Waals surface area contributed by atoms with Gasteiger partial charge in [0.25, 0.3) is 0 Å². The van der Waals surface area contributed by atoms with Crippen molar-refractivity contribution in [3.8, 4) is 0 Å². The van der Waals surface area contributed by atoms with Crippen LogP contribution < -0.4 is 11.5 Å². The summed E-state index contributed by atoms with van der Waals surface area (Å²) in [5.74, 6) is 1.45. The van der Waals surface area contributed by atoms with Crippen LogP contribution in [0.1, 0.15) is 90.4 Å². The molecule has 4 N–H and O–H groups in total. The van der Waals surface area contributed by atoms with E-state index in [1.165, 1.54) is 57.8 Å². The standard InChI is InChI=1S/C22H42N2/c1-2-3-9-14-20(19-23)15-10-6-4-5-7-13-18-22(24)21-16-11-8-12-17-21/h6-7,10,13,20-22H,2-5,8-9,11-12,14-19,23-24H2,1H3. The Kier molecular flexibility index (Phi) is 13.2. The molecule has 0 saturated heterocycles. The summed E-state index contributed by atoms with van der Waals surface area (Å²) >= 11 is 0. The van der Waals surface area contributed by atoms with E-state index >= 15 is 0 Å². The van der Waals surface area contributed by atoms with Gasteiger partial charge in [-0.25, -0.2) is 0 Å². The van der Waals surface area contributed by atoms with Crippen LogP contribution in [0.3, 0.4) is 0 Å². The number of hydrogen-bond donors (Lipinski definition) is 2. The highest BCUT2D eigenvalue weighted by molar-refractivity contribution is 4.92. The molecular formula is C22H42N2. The fourth-order valence-electron chi connectivity index (χ4n) is 3.74. The first-order valence-corrected chi connectivity index (χ1v) is 10.5. The van der Waals surface area contributed by atoms with Crippen LogP contribution in [-0.2, 0) is 0 Å². The summed E-state index contributed by atoms with van der Waals surface area (Å²) in [5.41, 5.74) is 12.2. The van der Waals surface area contributed by atoms with Gasteiger partial charge in [0.15, 0.2) is 0 Å². The SMILES string of the molecule is CCCCCC(CN)CC=CCCC=CCC(N)C1CCCCC1. The lowest BCUT2D eigenvalue weighted by atomic mass is 9.83. The van der Waals surface area contributed by atoms with Crippen molar-refractivity contribution in [1.29, 1.82) is 0 Å². The Bertz CT molecular complexity index is 329. The van der Waals surface area contributed by atoms with Gasteiger partial charge in [-0.15, -0.1) is 0 Å². The predicted molar refractivity (Wildman–Crippen MR) is 108 cm³/mol. The van der Waals surface area contributed by atoms with Gasteiger partial charge in [0.1, 0.15) is 0 Å². The molecule has 0 radical (unpaired) electrons. The molecular weight excluding hydrogens is 292 g/mol. The molecule has 1 fully saturated rings. The minimum Gasteiger partial charge on any atom is -0.330 e. The summed E-state index contributed by atoms with van der Waals surface area (Å²) in [7, 11) is 0. The maximum atomic E-state index is 6.33. The number of allylic oxidation sites excluding steroid dienone is 3. The van der Waals surface area contributed by atoms with E-state index in [0.717, 1.165) is 38.1 Å². The van der Waals surface area contributed by atoms with Gasteiger partial charge in [-0.3, -0.25) is 0 Å². The molecule has 0 bridgehead atoms. The largest absolute Gasteiger partial charge is 0.330 e. The Hall–Kier alpha value is -0.600. The molecule has 1 rings (SSSR count). The lowest BCUT2D eigenvalue weighted by Gasteiger charge is -2.26. The van der Waals surface area contributed by atoms with Crippen LogP contribution in [0.2, 0.25) is 0 Å². The number of unbranched alkanes of at least 4 members (excludes halogenated alkanes) is 3. The normalized spacial score (nSPS) is 19.3. The minimum atomic E-state index is 0.380. The van der Waals surface area contributed by atoms with Gasteiger partial charge in [0.05, 0.1) is 0 Å². The lowest BCUT2D eigenvalue weighted by molar-refractivity contribution is 0.305. The number of rotatable bonds is 13. The molecule has 1 aliphatic rings. The molecule has 0 aromatic rings. The van der Waals surface area contributed by atoms with Crippen molar-refractivity contribution in [2.75, 3.05) is 6.54 Å². The second-order valence-corrected chi connectivity index (χ2v) is 7.65. The first kappa shape index (κ1) is 21.4.